The molecule has 0 aliphatic carbocycles. The molecule has 10 heteroatoms. The average Bonchev–Trinajstić information content (AvgIpc) is 2.89. The summed E-state index contributed by atoms with van der Waals surface area (Å²) >= 11 is 0. The number of rotatable bonds is 11. The van der Waals surface area contributed by atoms with Gasteiger partial charge in [-0.1, -0.05) is 6.92 Å². The van der Waals surface area contributed by atoms with E-state index in [1.807, 2.05) is 24.3 Å². The number of nitro benzene ring substituents is 1. The average molecular weight is 477 g/mol. The number of hydrogen-bond donors (Lipinski definition) is 0. The lowest BCUT2D eigenvalue weighted by Gasteiger charge is -2.22. The molecule has 0 heterocycles. The van der Waals surface area contributed by atoms with E-state index in [1.165, 1.54) is 38.5 Å². The number of anilines is 1. The monoisotopic (exact) mass is 476 g/mol. The second kappa shape index (κ2) is 12.2. The molecule has 0 aliphatic rings. The van der Waals surface area contributed by atoms with Crippen LogP contribution in [0.15, 0.2) is 81.1 Å². The molecule has 0 aromatic heterocycles. The van der Waals surface area contributed by atoms with Gasteiger partial charge in [0.05, 0.1) is 30.5 Å². The fourth-order valence-electron chi connectivity index (χ4n) is 3.36. The van der Waals surface area contributed by atoms with Crippen LogP contribution >= 0.6 is 0 Å². The van der Waals surface area contributed by atoms with Gasteiger partial charge in [-0.3, -0.25) is 10.1 Å². The Kier molecular flexibility index (Phi) is 8.82. The molecule has 0 bridgehead atoms. The Balaban J connectivity index is 1.82. The first kappa shape index (κ1) is 25.3. The van der Waals surface area contributed by atoms with Crippen molar-refractivity contribution in [1.82, 2.24) is 0 Å². The minimum absolute atomic E-state index is 0.0174. The molecule has 0 radical (unpaired) electrons. The Morgan fingerprint density at radius 2 is 1.29 bits per heavy atom. The Labute approximate surface area is 204 Å². The van der Waals surface area contributed by atoms with Crippen LogP contribution in [0, 0.1) is 10.1 Å². The summed E-state index contributed by atoms with van der Waals surface area (Å²) in [5.41, 5.74) is 3.20. The molecule has 0 saturated heterocycles. The molecule has 0 aliphatic heterocycles. The van der Waals surface area contributed by atoms with Gasteiger partial charge in [-0.25, -0.2) is 0 Å². The topological polar surface area (TPSA) is 114 Å². The molecule has 0 fully saturated rings. The van der Waals surface area contributed by atoms with Crippen LogP contribution in [0.2, 0.25) is 0 Å². The van der Waals surface area contributed by atoms with Gasteiger partial charge in [-0.2, -0.15) is 10.2 Å². The van der Waals surface area contributed by atoms with E-state index >= 15 is 0 Å². The second-order valence-corrected chi connectivity index (χ2v) is 7.47. The molecule has 0 spiro atoms. The highest BCUT2D eigenvalue weighted by atomic mass is 16.6. The molecule has 0 unspecified atom stereocenters. The molecule has 35 heavy (non-hydrogen) atoms. The number of ether oxygens (including phenoxy) is 2. The predicted molar refractivity (Wildman–Crippen MR) is 136 cm³/mol. The molecular formula is C25H28N6O4. The summed E-state index contributed by atoms with van der Waals surface area (Å²) in [6.45, 7) is 6.25. The number of methoxy groups -OCH3 is 2. The van der Waals surface area contributed by atoms with Gasteiger partial charge in [0.15, 0.2) is 0 Å². The van der Waals surface area contributed by atoms with Gasteiger partial charge in [0.25, 0.3) is 5.69 Å². The highest BCUT2D eigenvalue weighted by Crippen LogP contribution is 2.41. The third kappa shape index (κ3) is 6.59. The maximum absolute atomic E-state index is 10.8. The van der Waals surface area contributed by atoms with Crippen molar-refractivity contribution in [2.45, 2.75) is 20.3 Å². The molecule has 0 saturated carbocycles. The van der Waals surface area contributed by atoms with E-state index < -0.39 is 4.92 Å². The number of non-ortho nitro benzene ring substituents is 1. The zero-order chi connectivity index (χ0) is 25.2. The van der Waals surface area contributed by atoms with E-state index in [0.717, 1.165) is 25.2 Å². The number of benzene rings is 3. The Morgan fingerprint density at radius 3 is 1.69 bits per heavy atom. The third-order valence-corrected chi connectivity index (χ3v) is 5.18. The first-order valence-electron chi connectivity index (χ1n) is 11.2. The molecule has 3 rings (SSSR count). The van der Waals surface area contributed by atoms with Gasteiger partial charge in [0, 0.05) is 43.0 Å². The minimum Gasteiger partial charge on any atom is -0.494 e. The Hall–Kier alpha value is -4.34. The van der Waals surface area contributed by atoms with Crippen LogP contribution in [0.3, 0.4) is 0 Å². The number of nitrogens with zero attached hydrogens (tertiary/aromatic N) is 6. The van der Waals surface area contributed by atoms with Crippen molar-refractivity contribution >= 4 is 34.1 Å². The quantitative estimate of drug-likeness (QED) is 0.160. The summed E-state index contributed by atoms with van der Waals surface area (Å²) in [6, 6.07) is 17.0. The zero-order valence-corrected chi connectivity index (χ0v) is 20.2. The molecule has 0 N–H and O–H groups in total. The maximum Gasteiger partial charge on any atom is 0.269 e. The number of azo groups is 2. The number of nitro groups is 1. The van der Waals surface area contributed by atoms with Crippen molar-refractivity contribution in [2.24, 2.45) is 20.5 Å². The van der Waals surface area contributed by atoms with Gasteiger partial charge in [0.1, 0.15) is 22.9 Å². The summed E-state index contributed by atoms with van der Waals surface area (Å²) in [6.07, 6.45) is 1.08. The van der Waals surface area contributed by atoms with Crippen molar-refractivity contribution in [3.8, 4) is 11.5 Å². The zero-order valence-electron chi connectivity index (χ0n) is 20.2. The summed E-state index contributed by atoms with van der Waals surface area (Å²) in [5, 5.41) is 27.8. The van der Waals surface area contributed by atoms with Gasteiger partial charge in [-0.05, 0) is 49.7 Å². The highest BCUT2D eigenvalue weighted by Gasteiger charge is 2.12. The van der Waals surface area contributed by atoms with E-state index in [0.29, 0.717) is 34.2 Å². The van der Waals surface area contributed by atoms with E-state index in [-0.39, 0.29) is 5.69 Å². The Bertz CT molecular complexity index is 1190. The molecule has 10 nitrogen and oxygen atoms in total. The maximum atomic E-state index is 10.8. The minimum atomic E-state index is -0.469. The van der Waals surface area contributed by atoms with Crippen molar-refractivity contribution in [3.63, 3.8) is 0 Å². The summed E-state index contributed by atoms with van der Waals surface area (Å²) in [7, 11) is 3.04. The summed E-state index contributed by atoms with van der Waals surface area (Å²) in [5.74, 6) is 0.878. The van der Waals surface area contributed by atoms with Crippen LogP contribution in [0.4, 0.5) is 34.1 Å². The molecule has 0 amide bonds. The smallest absolute Gasteiger partial charge is 0.269 e. The second-order valence-electron chi connectivity index (χ2n) is 7.47. The summed E-state index contributed by atoms with van der Waals surface area (Å²) < 4.78 is 10.9. The lowest BCUT2D eigenvalue weighted by atomic mass is 10.2. The van der Waals surface area contributed by atoms with Gasteiger partial charge in [-0.15, -0.1) is 10.2 Å². The standard InChI is InChI=1S/C25H28N6O4/c1-5-15-30(6-2)20-11-7-18(8-12-20)26-28-22-16-25(35-4)23(17-24(22)34-3)29-27-19-9-13-21(14-10-19)31(32)33/h7-14,16-17H,5-6,15H2,1-4H3/b28-26+,29-27+. The van der Waals surface area contributed by atoms with Crippen LogP contribution in [0.1, 0.15) is 20.3 Å². The third-order valence-electron chi connectivity index (χ3n) is 5.18. The molecular weight excluding hydrogens is 448 g/mol. The summed E-state index contributed by atoms with van der Waals surface area (Å²) in [4.78, 5) is 12.6. The van der Waals surface area contributed by atoms with Crippen molar-refractivity contribution in [3.05, 3.63) is 70.8 Å². The normalized spacial score (nSPS) is 11.2. The van der Waals surface area contributed by atoms with Gasteiger partial charge < -0.3 is 14.4 Å². The largest absolute Gasteiger partial charge is 0.494 e. The molecule has 182 valence electrons. The van der Waals surface area contributed by atoms with Crippen LogP contribution in [0.25, 0.3) is 0 Å². The molecule has 0 atom stereocenters. The number of hydrogen-bond acceptors (Lipinski definition) is 9. The Morgan fingerprint density at radius 1 is 0.800 bits per heavy atom. The van der Waals surface area contributed by atoms with Crippen LogP contribution in [-0.2, 0) is 0 Å². The van der Waals surface area contributed by atoms with E-state index in [2.05, 4.69) is 39.2 Å². The lowest BCUT2D eigenvalue weighted by molar-refractivity contribution is -0.384. The molecule has 3 aromatic rings. The first-order chi connectivity index (χ1) is 17.0. The molecule has 3 aromatic carbocycles. The lowest BCUT2D eigenvalue weighted by Crippen LogP contribution is -2.23. The SMILES string of the molecule is CCCN(CC)c1ccc(/N=N/c2cc(OC)c(/N=N/c3ccc([N+](=O)[O-])cc3)cc2OC)cc1. The van der Waals surface area contributed by atoms with Gasteiger partial charge >= 0.3 is 0 Å². The fourth-order valence-corrected chi connectivity index (χ4v) is 3.36. The van der Waals surface area contributed by atoms with Crippen molar-refractivity contribution in [1.29, 1.82) is 0 Å². The van der Waals surface area contributed by atoms with Crippen molar-refractivity contribution < 1.29 is 14.4 Å². The highest BCUT2D eigenvalue weighted by molar-refractivity contribution is 5.66. The first-order valence-corrected chi connectivity index (χ1v) is 11.2. The van der Waals surface area contributed by atoms with Gasteiger partial charge in [0.2, 0.25) is 0 Å². The van der Waals surface area contributed by atoms with E-state index in [9.17, 15) is 10.1 Å². The van der Waals surface area contributed by atoms with Crippen LogP contribution in [0.5, 0.6) is 11.5 Å². The van der Waals surface area contributed by atoms with Crippen molar-refractivity contribution in [2.75, 3.05) is 32.2 Å². The van der Waals surface area contributed by atoms with Crippen LogP contribution < -0.4 is 14.4 Å². The van der Waals surface area contributed by atoms with E-state index in [4.69, 9.17) is 9.47 Å². The van der Waals surface area contributed by atoms with E-state index in [1.54, 1.807) is 12.1 Å². The predicted octanol–water partition coefficient (Wildman–Crippen LogP) is 7.68. The fraction of sp³-hybridized carbons (Fsp3) is 0.280. The van der Waals surface area contributed by atoms with Crippen LogP contribution in [-0.4, -0.2) is 32.2 Å².